The summed E-state index contributed by atoms with van der Waals surface area (Å²) < 4.78 is 1.84. The minimum atomic E-state index is -0.462. The van der Waals surface area contributed by atoms with Gasteiger partial charge < -0.3 is 4.98 Å². The topological polar surface area (TPSA) is 79.7 Å². The number of pyridine rings is 1. The van der Waals surface area contributed by atoms with Crippen LogP contribution >= 0.6 is 11.3 Å². The molecule has 0 bridgehead atoms. The van der Waals surface area contributed by atoms with Crippen LogP contribution < -0.4 is 5.56 Å². The predicted octanol–water partition coefficient (Wildman–Crippen LogP) is 5.43. The molecule has 2 aromatic carbocycles. The van der Waals surface area contributed by atoms with Crippen LogP contribution in [0.3, 0.4) is 0 Å². The number of hydrogen-bond donors (Lipinski definition) is 1. The van der Waals surface area contributed by atoms with Gasteiger partial charge in [0.25, 0.3) is 5.56 Å². The third kappa shape index (κ3) is 5.01. The molecule has 0 saturated carbocycles. The number of rotatable bonds is 7. The van der Waals surface area contributed by atoms with Crippen LogP contribution in [0.5, 0.6) is 0 Å². The van der Waals surface area contributed by atoms with Crippen molar-refractivity contribution >= 4 is 22.2 Å². The molecule has 0 aliphatic rings. The highest BCUT2D eigenvalue weighted by Crippen LogP contribution is 2.32. The maximum atomic E-state index is 13.6. The zero-order valence-electron chi connectivity index (χ0n) is 21.0. The monoisotopic (exact) mass is 498 g/mol. The van der Waals surface area contributed by atoms with Crippen molar-refractivity contribution in [1.82, 2.24) is 30.1 Å². The number of aromatic amines is 1. The lowest BCUT2D eigenvalue weighted by atomic mass is 10.0. The number of H-pyrrole nitrogens is 1. The highest BCUT2D eigenvalue weighted by molar-refractivity contribution is 7.09. The summed E-state index contributed by atoms with van der Waals surface area (Å²) in [5, 5.41) is 15.9. The van der Waals surface area contributed by atoms with Crippen molar-refractivity contribution in [2.45, 2.75) is 52.4 Å². The summed E-state index contributed by atoms with van der Waals surface area (Å²) in [5.41, 5.74) is 3.21. The van der Waals surface area contributed by atoms with Crippen molar-refractivity contribution in [3.63, 3.8) is 0 Å². The van der Waals surface area contributed by atoms with Crippen molar-refractivity contribution in [3.8, 4) is 0 Å². The van der Waals surface area contributed by atoms with Crippen molar-refractivity contribution in [3.05, 3.63) is 110 Å². The maximum Gasteiger partial charge on any atom is 0.253 e. The molecule has 0 spiro atoms. The molecule has 0 aliphatic heterocycles. The smallest absolute Gasteiger partial charge is 0.253 e. The molecule has 1 N–H and O–H groups in total. The molecule has 3 aromatic heterocycles. The molecule has 184 valence electrons. The lowest BCUT2D eigenvalue weighted by molar-refractivity contribution is 0.186. The Bertz CT molecular complexity index is 1520. The highest BCUT2D eigenvalue weighted by atomic mass is 32.1. The average Bonchev–Trinajstić information content (AvgIpc) is 3.53. The first kappa shape index (κ1) is 24.1. The van der Waals surface area contributed by atoms with Gasteiger partial charge in [-0.05, 0) is 78.2 Å². The molecule has 1 atom stereocenters. The minimum absolute atomic E-state index is 0.134. The fourth-order valence-corrected chi connectivity index (χ4v) is 5.26. The largest absolute Gasteiger partial charge is 0.322 e. The van der Waals surface area contributed by atoms with Crippen molar-refractivity contribution in [2.75, 3.05) is 0 Å². The van der Waals surface area contributed by atoms with Gasteiger partial charge in [-0.1, -0.05) is 48.5 Å². The summed E-state index contributed by atoms with van der Waals surface area (Å²) in [4.78, 5) is 20.3. The Kier molecular flexibility index (Phi) is 6.55. The summed E-state index contributed by atoms with van der Waals surface area (Å²) in [6.45, 7) is 9.51. The van der Waals surface area contributed by atoms with Crippen LogP contribution in [0.15, 0.2) is 76.9 Å². The minimum Gasteiger partial charge on any atom is -0.322 e. The molecule has 0 fully saturated rings. The molecule has 0 aliphatic carbocycles. The molecule has 5 aromatic rings. The fourth-order valence-electron chi connectivity index (χ4n) is 4.54. The van der Waals surface area contributed by atoms with Gasteiger partial charge in [0.1, 0.15) is 6.04 Å². The van der Waals surface area contributed by atoms with Crippen molar-refractivity contribution in [2.24, 2.45) is 0 Å². The molecule has 36 heavy (non-hydrogen) atoms. The van der Waals surface area contributed by atoms with E-state index < -0.39 is 6.04 Å². The SMILES string of the molecule is Cc1ccc2cc(C(c3nnnn3C(C)(C)C)N(Cc3ccccc3)Cc3cccs3)c(=O)[nH]c2c1. The number of hydrogen-bond acceptors (Lipinski definition) is 6. The Hall–Kier alpha value is -3.62. The zero-order valence-corrected chi connectivity index (χ0v) is 21.8. The quantitative estimate of drug-likeness (QED) is 0.324. The normalized spacial score (nSPS) is 12.9. The summed E-state index contributed by atoms with van der Waals surface area (Å²) in [7, 11) is 0. The lowest BCUT2D eigenvalue weighted by Crippen LogP contribution is -2.37. The van der Waals surface area contributed by atoms with Gasteiger partial charge in [-0.15, -0.1) is 16.4 Å². The Morgan fingerprint density at radius 1 is 1.03 bits per heavy atom. The summed E-state index contributed by atoms with van der Waals surface area (Å²) in [5.74, 6) is 0.645. The average molecular weight is 499 g/mol. The molecular formula is C28H30N6OS. The van der Waals surface area contributed by atoms with Gasteiger partial charge in [0.15, 0.2) is 5.82 Å². The van der Waals surface area contributed by atoms with E-state index in [0.717, 1.165) is 22.0 Å². The lowest BCUT2D eigenvalue weighted by Gasteiger charge is -2.32. The Labute approximate surface area is 214 Å². The first-order valence-electron chi connectivity index (χ1n) is 12.0. The highest BCUT2D eigenvalue weighted by Gasteiger charge is 2.33. The van der Waals surface area contributed by atoms with Crippen LogP contribution in [0.25, 0.3) is 10.9 Å². The third-order valence-corrected chi connectivity index (χ3v) is 7.09. The number of nitrogens with zero attached hydrogens (tertiary/aromatic N) is 5. The van der Waals surface area contributed by atoms with Crippen molar-refractivity contribution in [1.29, 1.82) is 0 Å². The number of aromatic nitrogens is 5. The van der Waals surface area contributed by atoms with E-state index in [4.69, 9.17) is 0 Å². The zero-order chi connectivity index (χ0) is 25.3. The van der Waals surface area contributed by atoms with E-state index in [1.54, 1.807) is 11.3 Å². The van der Waals surface area contributed by atoms with Crippen LogP contribution in [0.4, 0.5) is 0 Å². The number of thiophene rings is 1. The standard InChI is InChI=1S/C28H30N6OS/c1-19-12-13-21-16-23(27(35)29-24(21)15-19)25(26-30-31-32-34(26)28(2,3)4)33(18-22-11-8-14-36-22)17-20-9-6-5-7-10-20/h5-16,25H,17-18H2,1-4H3,(H,29,35). The molecule has 0 amide bonds. The van der Waals surface area contributed by atoms with Gasteiger partial charge >= 0.3 is 0 Å². The van der Waals surface area contributed by atoms with Gasteiger partial charge in [-0.3, -0.25) is 9.69 Å². The second-order valence-electron chi connectivity index (χ2n) is 10.1. The van der Waals surface area contributed by atoms with E-state index in [9.17, 15) is 4.79 Å². The maximum absolute atomic E-state index is 13.6. The van der Waals surface area contributed by atoms with Crippen LogP contribution in [0, 0.1) is 6.92 Å². The molecule has 5 rings (SSSR count). The van der Waals surface area contributed by atoms with E-state index in [1.165, 1.54) is 4.88 Å². The van der Waals surface area contributed by atoms with E-state index in [2.05, 4.69) is 88.0 Å². The van der Waals surface area contributed by atoms with Crippen molar-refractivity contribution < 1.29 is 0 Å². The third-order valence-electron chi connectivity index (χ3n) is 6.23. The van der Waals surface area contributed by atoms with Crippen LogP contribution in [-0.4, -0.2) is 30.1 Å². The van der Waals surface area contributed by atoms with E-state index >= 15 is 0 Å². The van der Waals surface area contributed by atoms with Crippen LogP contribution in [0.1, 0.15) is 54.2 Å². The second-order valence-corrected chi connectivity index (χ2v) is 11.2. The van der Waals surface area contributed by atoms with E-state index in [1.807, 2.05) is 41.9 Å². The molecule has 0 radical (unpaired) electrons. The molecule has 8 heteroatoms. The van der Waals surface area contributed by atoms with E-state index in [0.29, 0.717) is 24.5 Å². The summed E-state index contributed by atoms with van der Waals surface area (Å²) in [6, 6.07) is 22.1. The molecule has 3 heterocycles. The number of nitrogens with one attached hydrogen (secondary N) is 1. The number of aryl methyl sites for hydroxylation is 1. The second kappa shape index (κ2) is 9.79. The molecular weight excluding hydrogens is 468 g/mol. The Balaban J connectivity index is 1.72. The number of benzene rings is 2. The van der Waals surface area contributed by atoms with Gasteiger partial charge in [-0.25, -0.2) is 4.68 Å². The van der Waals surface area contributed by atoms with Gasteiger partial charge in [0.05, 0.1) is 5.54 Å². The Morgan fingerprint density at radius 2 is 1.83 bits per heavy atom. The molecule has 7 nitrogen and oxygen atoms in total. The van der Waals surface area contributed by atoms with Crippen LogP contribution in [0.2, 0.25) is 0 Å². The molecule has 0 saturated heterocycles. The summed E-state index contributed by atoms with van der Waals surface area (Å²) >= 11 is 1.70. The summed E-state index contributed by atoms with van der Waals surface area (Å²) in [6.07, 6.45) is 0. The first-order chi connectivity index (χ1) is 17.3. The number of fused-ring (bicyclic) bond motifs is 1. The first-order valence-corrected chi connectivity index (χ1v) is 12.9. The van der Waals surface area contributed by atoms with Crippen LogP contribution in [-0.2, 0) is 18.6 Å². The number of tetrazole rings is 1. The molecule has 1 unspecified atom stereocenters. The Morgan fingerprint density at radius 3 is 2.56 bits per heavy atom. The van der Waals surface area contributed by atoms with Gasteiger partial charge in [0, 0.05) is 29.0 Å². The van der Waals surface area contributed by atoms with Gasteiger partial charge in [0.2, 0.25) is 0 Å². The predicted molar refractivity (Wildman–Crippen MR) is 144 cm³/mol. The fraction of sp³-hybridized carbons (Fsp3) is 0.286. The van der Waals surface area contributed by atoms with Gasteiger partial charge in [-0.2, -0.15) is 0 Å². The van der Waals surface area contributed by atoms with E-state index in [-0.39, 0.29) is 11.1 Å².